The van der Waals surface area contributed by atoms with Crippen molar-refractivity contribution >= 4 is 11.6 Å². The molecule has 1 aromatic rings. The number of rotatable bonds is 3. The molecular weight excluding hydrogens is 254 g/mol. The van der Waals surface area contributed by atoms with Crippen molar-refractivity contribution in [3.05, 3.63) is 24.3 Å². The van der Waals surface area contributed by atoms with Gasteiger partial charge in [0, 0.05) is 38.4 Å². The molecule has 5 nitrogen and oxygen atoms in total. The van der Waals surface area contributed by atoms with Crippen LogP contribution in [0.4, 0.5) is 5.69 Å². The highest BCUT2D eigenvalue weighted by molar-refractivity contribution is 5.82. The van der Waals surface area contributed by atoms with Crippen LogP contribution in [-0.4, -0.2) is 48.6 Å². The quantitative estimate of drug-likeness (QED) is 0.865. The van der Waals surface area contributed by atoms with E-state index in [2.05, 4.69) is 4.90 Å². The Balaban J connectivity index is 1.96. The van der Waals surface area contributed by atoms with Gasteiger partial charge in [-0.05, 0) is 38.1 Å². The number of phenols is 1. The molecule has 0 saturated carbocycles. The van der Waals surface area contributed by atoms with Crippen LogP contribution in [0.5, 0.6) is 5.75 Å². The molecule has 1 heterocycles. The van der Waals surface area contributed by atoms with Crippen LogP contribution in [-0.2, 0) is 4.79 Å². The Bertz CT molecular complexity index is 463. The topological polar surface area (TPSA) is 69.8 Å². The van der Waals surface area contributed by atoms with Gasteiger partial charge in [0.1, 0.15) is 5.75 Å². The molecule has 1 saturated heterocycles. The van der Waals surface area contributed by atoms with E-state index >= 15 is 0 Å². The zero-order chi connectivity index (χ0) is 14.8. The average molecular weight is 277 g/mol. The Hall–Kier alpha value is -1.75. The molecular formula is C15H23N3O2. The average Bonchev–Trinajstić information content (AvgIpc) is 2.47. The fourth-order valence-corrected chi connectivity index (χ4v) is 2.35. The van der Waals surface area contributed by atoms with E-state index in [0.29, 0.717) is 19.6 Å². The molecule has 20 heavy (non-hydrogen) atoms. The normalized spacial score (nSPS) is 16.4. The fourth-order valence-electron chi connectivity index (χ4n) is 2.35. The van der Waals surface area contributed by atoms with Crippen molar-refractivity contribution in [2.24, 2.45) is 11.1 Å². The van der Waals surface area contributed by atoms with Crippen LogP contribution in [0.3, 0.4) is 0 Å². The van der Waals surface area contributed by atoms with Gasteiger partial charge < -0.3 is 20.6 Å². The maximum atomic E-state index is 12.3. The third-order valence-corrected chi connectivity index (χ3v) is 3.87. The monoisotopic (exact) mass is 277 g/mol. The number of benzene rings is 1. The van der Waals surface area contributed by atoms with Crippen molar-refractivity contribution in [3.63, 3.8) is 0 Å². The number of anilines is 1. The second-order valence-corrected chi connectivity index (χ2v) is 5.88. The molecule has 1 amide bonds. The fraction of sp³-hybridized carbons (Fsp3) is 0.533. The van der Waals surface area contributed by atoms with Gasteiger partial charge in [-0.2, -0.15) is 0 Å². The molecule has 0 radical (unpaired) electrons. The van der Waals surface area contributed by atoms with Crippen LogP contribution in [0.25, 0.3) is 0 Å². The number of carbonyl (C=O) groups excluding carboxylic acids is 1. The summed E-state index contributed by atoms with van der Waals surface area (Å²) in [6, 6.07) is 7.17. The molecule has 1 aliphatic rings. The van der Waals surface area contributed by atoms with Gasteiger partial charge in [0.05, 0.1) is 5.41 Å². The van der Waals surface area contributed by atoms with Gasteiger partial charge in [0.2, 0.25) is 5.91 Å². The van der Waals surface area contributed by atoms with Crippen LogP contribution >= 0.6 is 0 Å². The van der Waals surface area contributed by atoms with E-state index in [4.69, 9.17) is 5.73 Å². The van der Waals surface area contributed by atoms with E-state index in [1.807, 2.05) is 30.9 Å². The van der Waals surface area contributed by atoms with Crippen LogP contribution in [0.15, 0.2) is 24.3 Å². The Kier molecular flexibility index (Phi) is 4.18. The lowest BCUT2D eigenvalue weighted by molar-refractivity contribution is -0.140. The molecule has 0 bridgehead atoms. The van der Waals surface area contributed by atoms with Crippen molar-refractivity contribution in [2.75, 3.05) is 37.6 Å². The van der Waals surface area contributed by atoms with Gasteiger partial charge in [-0.15, -0.1) is 0 Å². The molecule has 0 aromatic heterocycles. The number of aromatic hydroxyl groups is 1. The molecule has 3 N–H and O–H groups in total. The zero-order valence-electron chi connectivity index (χ0n) is 12.2. The second-order valence-electron chi connectivity index (χ2n) is 5.88. The maximum absolute atomic E-state index is 12.3. The van der Waals surface area contributed by atoms with Crippen molar-refractivity contribution in [3.8, 4) is 5.75 Å². The zero-order valence-corrected chi connectivity index (χ0v) is 12.2. The van der Waals surface area contributed by atoms with E-state index in [9.17, 15) is 9.90 Å². The minimum absolute atomic E-state index is 0.130. The van der Waals surface area contributed by atoms with Gasteiger partial charge >= 0.3 is 0 Å². The molecule has 1 aromatic carbocycles. The largest absolute Gasteiger partial charge is 0.508 e. The number of piperazine rings is 1. The third-order valence-electron chi connectivity index (χ3n) is 3.87. The number of nitrogens with two attached hydrogens (primary N) is 1. The van der Waals surface area contributed by atoms with Crippen LogP contribution < -0.4 is 10.6 Å². The van der Waals surface area contributed by atoms with Crippen molar-refractivity contribution < 1.29 is 9.90 Å². The van der Waals surface area contributed by atoms with E-state index in [1.165, 1.54) is 0 Å². The number of hydrogen-bond donors (Lipinski definition) is 2. The van der Waals surface area contributed by atoms with Crippen LogP contribution in [0, 0.1) is 5.41 Å². The summed E-state index contributed by atoms with van der Waals surface area (Å²) in [4.78, 5) is 16.4. The molecule has 0 aliphatic carbocycles. The summed E-state index contributed by atoms with van der Waals surface area (Å²) in [5, 5.41) is 9.30. The summed E-state index contributed by atoms with van der Waals surface area (Å²) in [5.41, 5.74) is 6.26. The Labute approximate surface area is 120 Å². The van der Waals surface area contributed by atoms with Gasteiger partial charge in [-0.3, -0.25) is 4.79 Å². The van der Waals surface area contributed by atoms with Gasteiger partial charge in [0.25, 0.3) is 0 Å². The molecule has 1 aliphatic heterocycles. The smallest absolute Gasteiger partial charge is 0.229 e. The first-order valence-electron chi connectivity index (χ1n) is 6.97. The minimum atomic E-state index is -0.485. The maximum Gasteiger partial charge on any atom is 0.229 e. The van der Waals surface area contributed by atoms with Crippen LogP contribution in [0.1, 0.15) is 13.8 Å². The summed E-state index contributed by atoms with van der Waals surface area (Å²) in [6.07, 6.45) is 0. The number of amides is 1. The summed E-state index contributed by atoms with van der Waals surface area (Å²) in [5.74, 6) is 0.401. The highest BCUT2D eigenvalue weighted by atomic mass is 16.3. The van der Waals surface area contributed by atoms with Crippen molar-refractivity contribution in [1.82, 2.24) is 4.90 Å². The molecule has 0 unspecified atom stereocenters. The molecule has 110 valence electrons. The molecule has 2 rings (SSSR count). The SMILES string of the molecule is CC(C)(CN)C(=O)N1CCN(c2ccc(O)cc2)CC1. The first-order chi connectivity index (χ1) is 9.44. The number of phenolic OH excluding ortho intramolecular Hbond substituents is 1. The molecule has 0 atom stereocenters. The standard InChI is InChI=1S/C15H23N3O2/c1-15(2,11-16)14(20)18-9-7-17(8-10-18)12-3-5-13(19)6-4-12/h3-6,19H,7-11,16H2,1-2H3. The highest BCUT2D eigenvalue weighted by Crippen LogP contribution is 2.22. The lowest BCUT2D eigenvalue weighted by Gasteiger charge is -2.39. The predicted molar refractivity (Wildman–Crippen MR) is 79.7 cm³/mol. The summed E-state index contributed by atoms with van der Waals surface area (Å²) in [6.45, 7) is 7.17. The van der Waals surface area contributed by atoms with Crippen molar-refractivity contribution in [2.45, 2.75) is 13.8 Å². The third kappa shape index (κ3) is 3.04. The highest BCUT2D eigenvalue weighted by Gasteiger charge is 2.32. The summed E-state index contributed by atoms with van der Waals surface area (Å²) < 4.78 is 0. The first-order valence-corrected chi connectivity index (χ1v) is 6.97. The molecule has 1 fully saturated rings. The molecule has 5 heteroatoms. The Morgan fingerprint density at radius 1 is 1.20 bits per heavy atom. The first kappa shape index (κ1) is 14.7. The molecule has 0 spiro atoms. The van der Waals surface area contributed by atoms with Crippen LogP contribution in [0.2, 0.25) is 0 Å². The number of nitrogens with zero attached hydrogens (tertiary/aromatic N) is 2. The lowest BCUT2D eigenvalue weighted by Crippen LogP contribution is -2.53. The van der Waals surface area contributed by atoms with Gasteiger partial charge in [0.15, 0.2) is 0 Å². The number of hydrogen-bond acceptors (Lipinski definition) is 4. The predicted octanol–water partition coefficient (Wildman–Crippen LogP) is 1.03. The Morgan fingerprint density at radius 2 is 1.75 bits per heavy atom. The number of carbonyl (C=O) groups is 1. The van der Waals surface area contributed by atoms with E-state index in [-0.39, 0.29) is 11.7 Å². The second kappa shape index (κ2) is 5.71. The minimum Gasteiger partial charge on any atom is -0.508 e. The van der Waals surface area contributed by atoms with Gasteiger partial charge in [-0.25, -0.2) is 0 Å². The Morgan fingerprint density at radius 3 is 2.25 bits per heavy atom. The summed E-state index contributed by atoms with van der Waals surface area (Å²) in [7, 11) is 0. The van der Waals surface area contributed by atoms with E-state index in [1.54, 1.807) is 12.1 Å². The van der Waals surface area contributed by atoms with Gasteiger partial charge in [-0.1, -0.05) is 0 Å². The summed E-state index contributed by atoms with van der Waals surface area (Å²) >= 11 is 0. The van der Waals surface area contributed by atoms with E-state index < -0.39 is 5.41 Å². The lowest BCUT2D eigenvalue weighted by atomic mass is 9.91. The van der Waals surface area contributed by atoms with E-state index in [0.717, 1.165) is 18.8 Å². The van der Waals surface area contributed by atoms with Crippen molar-refractivity contribution in [1.29, 1.82) is 0 Å².